The molecule has 2 aromatic heterocycles. The van der Waals surface area contributed by atoms with Gasteiger partial charge in [0.25, 0.3) is 0 Å². The molecule has 2 rings (SSSR count). The van der Waals surface area contributed by atoms with Crippen molar-refractivity contribution in [2.24, 2.45) is 5.73 Å². The Bertz CT molecular complexity index is 556. The Morgan fingerprint density at radius 2 is 2.44 bits per heavy atom. The number of primary amides is 1. The van der Waals surface area contributed by atoms with E-state index in [2.05, 4.69) is 31.2 Å². The van der Waals surface area contributed by atoms with Crippen molar-refractivity contribution in [2.45, 2.75) is 0 Å². The zero-order chi connectivity index (χ0) is 13.0. The molecule has 1 amide bonds. The number of aromatic nitrogens is 3. The first-order valence-electron chi connectivity index (χ1n) is 5.26. The third-order valence-electron chi connectivity index (χ3n) is 2.13. The Morgan fingerprint density at radius 3 is 3.22 bits per heavy atom. The monoisotopic (exact) mass is 313 g/mol. The minimum absolute atomic E-state index is 0.0770. The molecule has 0 aromatic carbocycles. The zero-order valence-corrected chi connectivity index (χ0v) is 11.1. The van der Waals surface area contributed by atoms with Gasteiger partial charge in [-0.2, -0.15) is 0 Å². The second-order valence-electron chi connectivity index (χ2n) is 3.52. The molecule has 2 heterocycles. The summed E-state index contributed by atoms with van der Waals surface area (Å²) in [7, 11) is 0. The SMILES string of the molecule is NC(=O)COCCNc1nc(Br)cn2ccnc12. The van der Waals surface area contributed by atoms with Crippen molar-refractivity contribution in [2.75, 3.05) is 25.1 Å². The summed E-state index contributed by atoms with van der Waals surface area (Å²) in [6, 6.07) is 0. The van der Waals surface area contributed by atoms with E-state index >= 15 is 0 Å². The number of hydrogen-bond acceptors (Lipinski definition) is 5. The number of anilines is 1. The van der Waals surface area contributed by atoms with E-state index < -0.39 is 5.91 Å². The fourth-order valence-corrected chi connectivity index (χ4v) is 1.83. The summed E-state index contributed by atoms with van der Waals surface area (Å²) in [6.45, 7) is 0.801. The number of halogens is 1. The molecule has 96 valence electrons. The van der Waals surface area contributed by atoms with Crippen LogP contribution in [0.4, 0.5) is 5.82 Å². The summed E-state index contributed by atoms with van der Waals surface area (Å²) in [5.74, 6) is 0.170. The molecule has 7 nitrogen and oxygen atoms in total. The highest BCUT2D eigenvalue weighted by Crippen LogP contribution is 2.16. The van der Waals surface area contributed by atoms with Gasteiger partial charge in [-0.05, 0) is 15.9 Å². The Labute approximate surface area is 111 Å². The maximum Gasteiger partial charge on any atom is 0.243 e. The van der Waals surface area contributed by atoms with Gasteiger partial charge in [0.05, 0.1) is 6.61 Å². The van der Waals surface area contributed by atoms with E-state index in [0.29, 0.717) is 23.6 Å². The Balaban J connectivity index is 1.94. The lowest BCUT2D eigenvalue weighted by Gasteiger charge is -2.07. The van der Waals surface area contributed by atoms with Crippen LogP contribution < -0.4 is 11.1 Å². The van der Waals surface area contributed by atoms with E-state index in [1.165, 1.54) is 0 Å². The number of amides is 1. The van der Waals surface area contributed by atoms with Gasteiger partial charge in [-0.3, -0.25) is 4.79 Å². The molecule has 0 spiro atoms. The molecule has 0 aliphatic heterocycles. The lowest BCUT2D eigenvalue weighted by molar-refractivity contribution is -0.122. The summed E-state index contributed by atoms with van der Waals surface area (Å²) in [4.78, 5) is 18.9. The van der Waals surface area contributed by atoms with E-state index in [0.717, 1.165) is 5.65 Å². The maximum absolute atomic E-state index is 10.5. The van der Waals surface area contributed by atoms with Crippen molar-refractivity contribution < 1.29 is 9.53 Å². The molecule has 0 bridgehead atoms. The van der Waals surface area contributed by atoms with Crippen LogP contribution in [0.15, 0.2) is 23.2 Å². The molecule has 0 saturated carbocycles. The fraction of sp³-hybridized carbons (Fsp3) is 0.300. The lowest BCUT2D eigenvalue weighted by Crippen LogP contribution is -2.20. The molecule has 0 fully saturated rings. The number of nitrogens with one attached hydrogen (secondary N) is 1. The fourth-order valence-electron chi connectivity index (χ4n) is 1.43. The molecular formula is C10H12BrN5O2. The van der Waals surface area contributed by atoms with Gasteiger partial charge in [0.2, 0.25) is 5.91 Å². The first kappa shape index (κ1) is 12.8. The van der Waals surface area contributed by atoms with Crippen LogP contribution in [0, 0.1) is 0 Å². The van der Waals surface area contributed by atoms with Crippen LogP contribution in [0.1, 0.15) is 0 Å². The van der Waals surface area contributed by atoms with Crippen LogP contribution in [-0.4, -0.2) is 40.0 Å². The van der Waals surface area contributed by atoms with Crippen molar-refractivity contribution in [3.8, 4) is 0 Å². The number of nitrogens with zero attached hydrogens (tertiary/aromatic N) is 3. The number of fused-ring (bicyclic) bond motifs is 1. The number of carbonyl (C=O) groups is 1. The molecule has 0 saturated heterocycles. The molecule has 8 heteroatoms. The van der Waals surface area contributed by atoms with Gasteiger partial charge < -0.3 is 20.2 Å². The van der Waals surface area contributed by atoms with Gasteiger partial charge in [0.1, 0.15) is 11.2 Å². The molecule has 0 radical (unpaired) electrons. The van der Waals surface area contributed by atoms with Gasteiger partial charge in [-0.25, -0.2) is 9.97 Å². The number of hydrogen-bond donors (Lipinski definition) is 2. The molecule has 0 atom stereocenters. The minimum Gasteiger partial charge on any atom is -0.370 e. The predicted molar refractivity (Wildman–Crippen MR) is 69.2 cm³/mol. The second kappa shape index (κ2) is 5.78. The summed E-state index contributed by atoms with van der Waals surface area (Å²) in [5.41, 5.74) is 5.68. The Hall–Kier alpha value is -1.67. The quantitative estimate of drug-likeness (QED) is 0.753. The van der Waals surface area contributed by atoms with E-state index in [9.17, 15) is 4.79 Å². The Kier molecular flexibility index (Phi) is 4.11. The van der Waals surface area contributed by atoms with Crippen LogP contribution in [0.2, 0.25) is 0 Å². The topological polar surface area (TPSA) is 94.5 Å². The molecule has 2 aromatic rings. The largest absolute Gasteiger partial charge is 0.370 e. The molecule has 3 N–H and O–H groups in total. The van der Waals surface area contributed by atoms with Gasteiger partial charge >= 0.3 is 0 Å². The second-order valence-corrected chi connectivity index (χ2v) is 4.33. The van der Waals surface area contributed by atoms with Crippen LogP contribution >= 0.6 is 15.9 Å². The van der Waals surface area contributed by atoms with Gasteiger partial charge in [-0.1, -0.05) is 0 Å². The zero-order valence-electron chi connectivity index (χ0n) is 9.47. The number of imidazole rings is 1. The highest BCUT2D eigenvalue weighted by Gasteiger charge is 2.05. The summed E-state index contributed by atoms with van der Waals surface area (Å²) < 4.78 is 7.59. The van der Waals surface area contributed by atoms with Gasteiger partial charge in [0.15, 0.2) is 11.5 Å². The number of nitrogens with two attached hydrogens (primary N) is 1. The third-order valence-corrected chi connectivity index (χ3v) is 2.51. The van der Waals surface area contributed by atoms with Crippen LogP contribution in [0.5, 0.6) is 0 Å². The van der Waals surface area contributed by atoms with E-state index in [1.54, 1.807) is 6.20 Å². The molecular weight excluding hydrogens is 302 g/mol. The highest BCUT2D eigenvalue weighted by molar-refractivity contribution is 9.10. The number of rotatable bonds is 6. The molecule has 0 aliphatic rings. The van der Waals surface area contributed by atoms with Crippen molar-refractivity contribution in [1.29, 1.82) is 0 Å². The first-order chi connectivity index (χ1) is 8.66. The van der Waals surface area contributed by atoms with Crippen molar-refractivity contribution >= 4 is 33.3 Å². The molecule has 18 heavy (non-hydrogen) atoms. The standard InChI is InChI=1S/C10H12BrN5O2/c11-7-5-16-3-1-14-10(16)9(15-7)13-2-4-18-6-8(12)17/h1,3,5H,2,4,6H2,(H2,12,17)(H,13,15). The normalized spacial score (nSPS) is 10.7. The van der Waals surface area contributed by atoms with Gasteiger partial charge in [-0.15, -0.1) is 0 Å². The first-order valence-corrected chi connectivity index (χ1v) is 6.05. The predicted octanol–water partition coefficient (Wildman–Crippen LogP) is 0.406. The summed E-state index contributed by atoms with van der Waals surface area (Å²) >= 11 is 3.32. The number of ether oxygens (including phenoxy) is 1. The summed E-state index contributed by atoms with van der Waals surface area (Å²) in [5, 5.41) is 3.09. The van der Waals surface area contributed by atoms with E-state index in [1.807, 2.05) is 16.8 Å². The molecule has 0 aliphatic carbocycles. The molecule has 0 unspecified atom stereocenters. The van der Waals surface area contributed by atoms with Crippen molar-refractivity contribution in [1.82, 2.24) is 14.4 Å². The third kappa shape index (κ3) is 3.17. The van der Waals surface area contributed by atoms with Crippen LogP contribution in [0.3, 0.4) is 0 Å². The van der Waals surface area contributed by atoms with E-state index in [4.69, 9.17) is 10.5 Å². The average molecular weight is 314 g/mol. The lowest BCUT2D eigenvalue weighted by atomic mass is 10.5. The highest BCUT2D eigenvalue weighted by atomic mass is 79.9. The smallest absolute Gasteiger partial charge is 0.243 e. The van der Waals surface area contributed by atoms with Crippen molar-refractivity contribution in [3.05, 3.63) is 23.2 Å². The van der Waals surface area contributed by atoms with E-state index in [-0.39, 0.29) is 6.61 Å². The van der Waals surface area contributed by atoms with Crippen molar-refractivity contribution in [3.63, 3.8) is 0 Å². The average Bonchev–Trinajstić information content (AvgIpc) is 2.75. The summed E-state index contributed by atoms with van der Waals surface area (Å²) in [6.07, 6.45) is 5.34. The van der Waals surface area contributed by atoms with Crippen LogP contribution in [0.25, 0.3) is 5.65 Å². The number of carbonyl (C=O) groups excluding carboxylic acids is 1. The Morgan fingerprint density at radius 1 is 1.61 bits per heavy atom. The van der Waals surface area contributed by atoms with Gasteiger partial charge in [0, 0.05) is 25.1 Å². The van der Waals surface area contributed by atoms with Crippen LogP contribution in [-0.2, 0) is 9.53 Å². The maximum atomic E-state index is 10.5. The minimum atomic E-state index is -0.480.